The minimum absolute atomic E-state index is 0.0900. The smallest absolute Gasteiger partial charge is 0.239 e. The lowest BCUT2D eigenvalue weighted by molar-refractivity contribution is -0.134. The Morgan fingerprint density at radius 1 is 1.27 bits per heavy atom. The van der Waals surface area contributed by atoms with Crippen molar-refractivity contribution < 1.29 is 13.9 Å². The van der Waals surface area contributed by atoms with Gasteiger partial charge < -0.3 is 19.0 Å². The normalized spacial score (nSPS) is 17.5. The molecule has 2 aromatic rings. The van der Waals surface area contributed by atoms with E-state index in [2.05, 4.69) is 10.2 Å². The number of ether oxygens (including phenoxy) is 1. The van der Waals surface area contributed by atoms with E-state index in [1.165, 1.54) is 0 Å². The van der Waals surface area contributed by atoms with Crippen LogP contribution in [-0.2, 0) is 17.8 Å². The van der Waals surface area contributed by atoms with E-state index in [4.69, 9.17) is 9.15 Å². The van der Waals surface area contributed by atoms with Gasteiger partial charge in [-0.05, 0) is 51.1 Å². The number of likely N-dealkylation sites (tertiary alicyclic amines) is 1. The van der Waals surface area contributed by atoms with E-state index in [0.29, 0.717) is 24.7 Å². The van der Waals surface area contributed by atoms with Gasteiger partial charge in [-0.3, -0.25) is 4.79 Å². The molecule has 1 unspecified atom stereocenters. The van der Waals surface area contributed by atoms with Gasteiger partial charge in [0.1, 0.15) is 11.8 Å². The van der Waals surface area contributed by atoms with Crippen molar-refractivity contribution in [3.8, 4) is 5.75 Å². The predicted octanol–water partition coefficient (Wildman–Crippen LogP) is 2.44. The summed E-state index contributed by atoms with van der Waals surface area (Å²) in [6, 6.07) is 7.48. The maximum atomic E-state index is 12.9. The Morgan fingerprint density at radius 3 is 2.73 bits per heavy atom. The van der Waals surface area contributed by atoms with Crippen molar-refractivity contribution in [1.82, 2.24) is 20.0 Å². The molecular formula is C19H26N4O3. The SMILES string of the molecule is COc1ccc(CC(=O)N2CCCCC2c2nnc(CN(C)C)o2)cc1. The summed E-state index contributed by atoms with van der Waals surface area (Å²) in [5.74, 6) is 2.01. The van der Waals surface area contributed by atoms with Crippen LogP contribution >= 0.6 is 0 Å². The Morgan fingerprint density at radius 2 is 2.04 bits per heavy atom. The molecule has 2 heterocycles. The number of methoxy groups -OCH3 is 1. The molecule has 1 saturated heterocycles. The van der Waals surface area contributed by atoms with Crippen LogP contribution in [0.1, 0.15) is 42.6 Å². The first-order chi connectivity index (χ1) is 12.6. The number of aromatic nitrogens is 2. The molecule has 1 aliphatic rings. The fourth-order valence-corrected chi connectivity index (χ4v) is 3.24. The first-order valence-corrected chi connectivity index (χ1v) is 8.96. The minimum atomic E-state index is -0.127. The van der Waals surface area contributed by atoms with E-state index in [9.17, 15) is 4.79 Å². The zero-order valence-corrected chi connectivity index (χ0v) is 15.6. The van der Waals surface area contributed by atoms with E-state index >= 15 is 0 Å². The highest BCUT2D eigenvalue weighted by Gasteiger charge is 2.31. The summed E-state index contributed by atoms with van der Waals surface area (Å²) in [4.78, 5) is 16.8. The molecule has 140 valence electrons. The second-order valence-electron chi connectivity index (χ2n) is 6.90. The van der Waals surface area contributed by atoms with Crippen LogP contribution in [0.25, 0.3) is 0 Å². The third-order valence-electron chi connectivity index (χ3n) is 4.56. The van der Waals surface area contributed by atoms with Gasteiger partial charge >= 0.3 is 0 Å². The summed E-state index contributed by atoms with van der Waals surface area (Å²) >= 11 is 0. The number of benzene rings is 1. The van der Waals surface area contributed by atoms with E-state index in [1.807, 2.05) is 48.2 Å². The van der Waals surface area contributed by atoms with Crippen LogP contribution in [0.3, 0.4) is 0 Å². The van der Waals surface area contributed by atoms with Gasteiger partial charge in [0, 0.05) is 6.54 Å². The molecule has 0 saturated carbocycles. The molecule has 26 heavy (non-hydrogen) atoms. The summed E-state index contributed by atoms with van der Waals surface area (Å²) in [5.41, 5.74) is 0.971. The van der Waals surface area contributed by atoms with Crippen molar-refractivity contribution in [3.05, 3.63) is 41.6 Å². The zero-order chi connectivity index (χ0) is 18.5. The highest BCUT2D eigenvalue weighted by Crippen LogP contribution is 2.31. The Bertz CT molecular complexity index is 727. The molecule has 0 aliphatic carbocycles. The van der Waals surface area contributed by atoms with Crippen molar-refractivity contribution >= 4 is 5.91 Å². The second-order valence-corrected chi connectivity index (χ2v) is 6.90. The number of hydrogen-bond donors (Lipinski definition) is 0. The third-order valence-corrected chi connectivity index (χ3v) is 4.56. The summed E-state index contributed by atoms with van der Waals surface area (Å²) in [7, 11) is 5.54. The lowest BCUT2D eigenvalue weighted by Crippen LogP contribution is -2.39. The van der Waals surface area contributed by atoms with Gasteiger partial charge in [-0.25, -0.2) is 0 Å². The summed E-state index contributed by atoms with van der Waals surface area (Å²) in [6.45, 7) is 1.32. The van der Waals surface area contributed by atoms with Crippen molar-refractivity contribution in [2.24, 2.45) is 0 Å². The quantitative estimate of drug-likeness (QED) is 0.790. The molecule has 1 aliphatic heterocycles. The zero-order valence-electron chi connectivity index (χ0n) is 15.6. The first-order valence-electron chi connectivity index (χ1n) is 8.96. The van der Waals surface area contributed by atoms with Gasteiger partial charge in [-0.2, -0.15) is 0 Å². The van der Waals surface area contributed by atoms with Gasteiger partial charge in [0.2, 0.25) is 17.7 Å². The number of nitrogens with zero attached hydrogens (tertiary/aromatic N) is 4. The van der Waals surface area contributed by atoms with Crippen LogP contribution in [0.2, 0.25) is 0 Å². The Hall–Kier alpha value is -2.41. The van der Waals surface area contributed by atoms with E-state index in [0.717, 1.165) is 37.1 Å². The topological polar surface area (TPSA) is 71.7 Å². The second kappa shape index (κ2) is 8.31. The maximum absolute atomic E-state index is 12.9. The van der Waals surface area contributed by atoms with Crippen molar-refractivity contribution in [3.63, 3.8) is 0 Å². The molecule has 1 aromatic heterocycles. The molecular weight excluding hydrogens is 332 g/mol. The van der Waals surface area contributed by atoms with Gasteiger partial charge in [-0.15, -0.1) is 10.2 Å². The Kier molecular flexibility index (Phi) is 5.88. The fraction of sp³-hybridized carbons (Fsp3) is 0.526. The number of piperidine rings is 1. The van der Waals surface area contributed by atoms with Gasteiger partial charge in [0.05, 0.1) is 20.1 Å². The average Bonchev–Trinajstić information content (AvgIpc) is 3.10. The summed E-state index contributed by atoms with van der Waals surface area (Å²) < 4.78 is 11.0. The van der Waals surface area contributed by atoms with Crippen LogP contribution in [0, 0.1) is 0 Å². The number of carbonyl (C=O) groups is 1. The van der Waals surface area contributed by atoms with E-state index in [1.54, 1.807) is 7.11 Å². The molecule has 1 atom stereocenters. The summed E-state index contributed by atoms with van der Waals surface area (Å²) in [6.07, 6.45) is 3.28. The molecule has 0 radical (unpaired) electrons. The van der Waals surface area contributed by atoms with Gasteiger partial charge in [-0.1, -0.05) is 12.1 Å². The molecule has 1 aromatic carbocycles. The molecule has 0 spiro atoms. The third kappa shape index (κ3) is 4.40. The molecule has 0 bridgehead atoms. The van der Waals surface area contributed by atoms with Gasteiger partial charge in [0.15, 0.2) is 0 Å². The van der Waals surface area contributed by atoms with Crippen molar-refractivity contribution in [2.45, 2.75) is 38.3 Å². The molecule has 1 amide bonds. The molecule has 0 N–H and O–H groups in total. The molecule has 7 nitrogen and oxygen atoms in total. The van der Waals surface area contributed by atoms with Crippen LogP contribution in [0.5, 0.6) is 5.75 Å². The average molecular weight is 358 g/mol. The number of amides is 1. The molecule has 3 rings (SSSR count). The number of rotatable bonds is 6. The Labute approximate surface area is 153 Å². The first kappa shape index (κ1) is 18.4. The lowest BCUT2D eigenvalue weighted by atomic mass is 10.0. The maximum Gasteiger partial charge on any atom is 0.239 e. The van der Waals surface area contributed by atoms with Crippen LogP contribution in [-0.4, -0.2) is 53.7 Å². The predicted molar refractivity (Wildman–Crippen MR) is 96.7 cm³/mol. The lowest BCUT2D eigenvalue weighted by Gasteiger charge is -2.33. The standard InChI is InChI=1S/C19H26N4O3/c1-22(2)13-17-20-21-19(26-17)16-6-4-5-11-23(16)18(24)12-14-7-9-15(25-3)10-8-14/h7-10,16H,4-6,11-13H2,1-3H3. The van der Waals surface area contributed by atoms with Crippen LogP contribution < -0.4 is 4.74 Å². The van der Waals surface area contributed by atoms with Crippen LogP contribution in [0.4, 0.5) is 0 Å². The van der Waals surface area contributed by atoms with Crippen molar-refractivity contribution in [2.75, 3.05) is 27.7 Å². The largest absolute Gasteiger partial charge is 0.497 e. The number of hydrogen-bond acceptors (Lipinski definition) is 6. The molecule has 1 fully saturated rings. The minimum Gasteiger partial charge on any atom is -0.497 e. The molecule has 7 heteroatoms. The highest BCUT2D eigenvalue weighted by atomic mass is 16.5. The van der Waals surface area contributed by atoms with E-state index < -0.39 is 0 Å². The van der Waals surface area contributed by atoms with Crippen LogP contribution in [0.15, 0.2) is 28.7 Å². The highest BCUT2D eigenvalue weighted by molar-refractivity contribution is 5.79. The summed E-state index contributed by atoms with van der Waals surface area (Å²) in [5, 5.41) is 8.32. The fourth-order valence-electron chi connectivity index (χ4n) is 3.24. The van der Waals surface area contributed by atoms with Crippen molar-refractivity contribution in [1.29, 1.82) is 0 Å². The monoisotopic (exact) mass is 358 g/mol. The number of carbonyl (C=O) groups excluding carboxylic acids is 1. The van der Waals surface area contributed by atoms with Gasteiger partial charge in [0.25, 0.3) is 0 Å². The van der Waals surface area contributed by atoms with E-state index in [-0.39, 0.29) is 11.9 Å². The Balaban J connectivity index is 1.71.